The third-order valence-electron chi connectivity index (χ3n) is 7.97. The van der Waals surface area contributed by atoms with Crippen molar-refractivity contribution in [1.29, 1.82) is 0 Å². The Bertz CT molecular complexity index is 1830. The van der Waals surface area contributed by atoms with Crippen molar-refractivity contribution in [3.63, 3.8) is 0 Å². The Morgan fingerprint density at radius 3 is 2.55 bits per heavy atom. The summed E-state index contributed by atoms with van der Waals surface area (Å²) in [4.78, 5) is 9.52. The Balaban J connectivity index is 1.44. The third-order valence-corrected chi connectivity index (χ3v) is 7.97. The molecule has 0 radical (unpaired) electrons. The minimum absolute atomic E-state index is 0.146. The molecular weight excluding hydrogens is 470 g/mol. The van der Waals surface area contributed by atoms with E-state index in [9.17, 15) is 0 Å². The predicted octanol–water partition coefficient (Wildman–Crippen LogP) is 7.70. The highest BCUT2D eigenvalue weighted by Crippen LogP contribution is 2.48. The number of aromatic nitrogens is 2. The van der Waals surface area contributed by atoms with Gasteiger partial charge in [-0.3, -0.25) is 4.57 Å². The number of benzene rings is 3. The lowest BCUT2D eigenvalue weighted by Crippen LogP contribution is -2.27. The number of aryl methyl sites for hydroxylation is 3. The molecule has 190 valence electrons. The molecule has 7 rings (SSSR count). The Morgan fingerprint density at radius 1 is 0.947 bits per heavy atom. The molecule has 0 saturated carbocycles. The molecule has 0 bridgehead atoms. The smallest absolute Gasteiger partial charge is 0.216 e. The molecular formula is C33H31N3O2. The van der Waals surface area contributed by atoms with E-state index in [1.54, 1.807) is 0 Å². The van der Waals surface area contributed by atoms with E-state index < -0.39 is 0 Å². The molecule has 0 amide bonds. The molecule has 5 aromatic rings. The summed E-state index contributed by atoms with van der Waals surface area (Å²) in [5.41, 5.74) is 9.17. The largest absolute Gasteiger partial charge is 0.475 e. The fourth-order valence-electron chi connectivity index (χ4n) is 6.13. The van der Waals surface area contributed by atoms with Crippen LogP contribution >= 0.6 is 0 Å². The summed E-state index contributed by atoms with van der Waals surface area (Å²) in [6.45, 7) is 13.7. The van der Waals surface area contributed by atoms with Gasteiger partial charge in [-0.15, -0.1) is 0 Å². The van der Waals surface area contributed by atoms with E-state index in [2.05, 4.69) is 93.6 Å². The summed E-state index contributed by atoms with van der Waals surface area (Å²) in [5, 5.41) is 2.48. The van der Waals surface area contributed by atoms with E-state index in [4.69, 9.17) is 14.5 Å². The second kappa shape index (κ2) is 7.94. The first-order valence-corrected chi connectivity index (χ1v) is 13.3. The van der Waals surface area contributed by atoms with Crippen molar-refractivity contribution in [3.8, 4) is 17.3 Å². The van der Waals surface area contributed by atoms with Gasteiger partial charge in [0.1, 0.15) is 23.9 Å². The zero-order chi connectivity index (χ0) is 26.3. The van der Waals surface area contributed by atoms with Crippen LogP contribution in [0, 0.1) is 20.8 Å². The highest BCUT2D eigenvalue weighted by Gasteiger charge is 2.36. The number of rotatable bonds is 3. The molecule has 5 nitrogen and oxygen atoms in total. The van der Waals surface area contributed by atoms with E-state index in [1.807, 2.05) is 18.3 Å². The highest BCUT2D eigenvalue weighted by atomic mass is 16.5. The van der Waals surface area contributed by atoms with Crippen LogP contribution in [0.15, 0.2) is 65.8 Å². The van der Waals surface area contributed by atoms with Gasteiger partial charge in [-0.05, 0) is 80.8 Å². The zero-order valence-electron chi connectivity index (χ0n) is 22.7. The van der Waals surface area contributed by atoms with Crippen LogP contribution in [0.3, 0.4) is 0 Å². The van der Waals surface area contributed by atoms with Crippen LogP contribution in [0.2, 0.25) is 0 Å². The average molecular weight is 502 g/mol. The molecule has 0 N–H and O–H groups in total. The summed E-state index contributed by atoms with van der Waals surface area (Å²) < 4.78 is 14.7. The van der Waals surface area contributed by atoms with Crippen LogP contribution in [-0.2, 0) is 10.2 Å². The normalized spacial score (nSPS) is 17.4. The Hall–Kier alpha value is -4.12. The number of nitrogens with zero attached hydrogens (tertiary/aromatic N) is 3. The first-order valence-electron chi connectivity index (χ1n) is 13.3. The van der Waals surface area contributed by atoms with Gasteiger partial charge in [-0.25, -0.2) is 9.98 Å². The van der Waals surface area contributed by atoms with Crippen molar-refractivity contribution >= 4 is 27.7 Å². The van der Waals surface area contributed by atoms with Crippen molar-refractivity contribution in [1.82, 2.24) is 9.55 Å². The van der Waals surface area contributed by atoms with Crippen molar-refractivity contribution in [2.24, 2.45) is 4.99 Å². The lowest BCUT2D eigenvalue weighted by molar-refractivity contribution is 0.324. The van der Waals surface area contributed by atoms with E-state index in [0.717, 1.165) is 39.5 Å². The molecule has 2 aliphatic rings. The van der Waals surface area contributed by atoms with Crippen LogP contribution in [0.5, 0.6) is 11.5 Å². The van der Waals surface area contributed by atoms with Crippen LogP contribution in [-0.4, -0.2) is 28.1 Å². The number of ether oxygens (including phenoxy) is 2. The van der Waals surface area contributed by atoms with Crippen molar-refractivity contribution < 1.29 is 9.47 Å². The lowest BCUT2D eigenvalue weighted by Gasteiger charge is -2.34. The van der Waals surface area contributed by atoms with Crippen molar-refractivity contribution in [2.75, 3.05) is 6.61 Å². The predicted molar refractivity (Wildman–Crippen MR) is 153 cm³/mol. The van der Waals surface area contributed by atoms with Gasteiger partial charge >= 0.3 is 0 Å². The molecule has 4 heterocycles. The quantitative estimate of drug-likeness (QED) is 0.254. The van der Waals surface area contributed by atoms with Crippen molar-refractivity contribution in [2.45, 2.75) is 53.0 Å². The first kappa shape index (κ1) is 23.0. The van der Waals surface area contributed by atoms with Gasteiger partial charge in [0, 0.05) is 39.6 Å². The summed E-state index contributed by atoms with van der Waals surface area (Å²) in [6, 6.07) is 19.7. The van der Waals surface area contributed by atoms with Gasteiger partial charge in [0.25, 0.3) is 0 Å². The maximum Gasteiger partial charge on any atom is 0.216 e. The minimum Gasteiger partial charge on any atom is -0.475 e. The van der Waals surface area contributed by atoms with Crippen LogP contribution in [0.25, 0.3) is 27.6 Å². The third kappa shape index (κ3) is 3.31. The van der Waals surface area contributed by atoms with Gasteiger partial charge in [-0.2, -0.15) is 0 Å². The van der Waals surface area contributed by atoms with Crippen LogP contribution in [0.4, 0.5) is 0 Å². The Morgan fingerprint density at radius 2 is 1.76 bits per heavy atom. The Kier molecular flexibility index (Phi) is 4.81. The summed E-state index contributed by atoms with van der Waals surface area (Å²) >= 11 is 0. The number of hydrogen-bond acceptors (Lipinski definition) is 4. The molecule has 0 saturated heterocycles. The SMILES string of the molecule is Cc1cc(Oc2cc3c(cc2C)c2cc(C)cc4c2n3-c2ncccc2C4(C)C)cc(C2=N[C@H](C)CO2)c1. The maximum atomic E-state index is 6.58. The van der Waals surface area contributed by atoms with Gasteiger partial charge in [0.05, 0.1) is 17.1 Å². The first-order chi connectivity index (χ1) is 18.2. The molecule has 0 fully saturated rings. The fourth-order valence-corrected chi connectivity index (χ4v) is 6.13. The van der Waals surface area contributed by atoms with Gasteiger partial charge in [0.15, 0.2) is 0 Å². The van der Waals surface area contributed by atoms with E-state index in [1.165, 1.54) is 33.0 Å². The standard InChI is InChI=1S/C33H31N3O2/c1-18-10-22(32-35-21(4)17-37-32)15-23(11-18)38-29-16-28-24(14-20(29)3)25-12-19(2)13-27-30(25)36(28)31-26(33(27,5)6)8-7-9-34-31/h7-16,21H,17H2,1-6H3/t21-/m1/s1. The van der Waals surface area contributed by atoms with Gasteiger partial charge in [-0.1, -0.05) is 31.5 Å². The molecule has 5 heteroatoms. The van der Waals surface area contributed by atoms with E-state index in [-0.39, 0.29) is 11.5 Å². The summed E-state index contributed by atoms with van der Waals surface area (Å²) in [5.74, 6) is 3.29. The van der Waals surface area contributed by atoms with Gasteiger partial charge < -0.3 is 9.47 Å². The Labute approximate surface area is 222 Å². The van der Waals surface area contributed by atoms with Crippen LogP contribution < -0.4 is 4.74 Å². The monoisotopic (exact) mass is 501 g/mol. The molecule has 0 spiro atoms. The molecule has 2 aliphatic heterocycles. The molecule has 38 heavy (non-hydrogen) atoms. The number of hydrogen-bond donors (Lipinski definition) is 0. The minimum atomic E-state index is -0.146. The molecule has 3 aromatic carbocycles. The topological polar surface area (TPSA) is 48.6 Å². The number of pyridine rings is 1. The second-order valence-electron chi connectivity index (χ2n) is 11.4. The lowest BCUT2D eigenvalue weighted by atomic mass is 9.75. The van der Waals surface area contributed by atoms with E-state index in [0.29, 0.717) is 12.5 Å². The molecule has 2 aromatic heterocycles. The number of fused-ring (bicyclic) bond motifs is 5. The molecule has 1 atom stereocenters. The second-order valence-corrected chi connectivity index (χ2v) is 11.4. The summed E-state index contributed by atoms with van der Waals surface area (Å²) in [6.07, 6.45) is 1.89. The maximum absolute atomic E-state index is 6.58. The zero-order valence-corrected chi connectivity index (χ0v) is 22.7. The van der Waals surface area contributed by atoms with E-state index >= 15 is 0 Å². The molecule has 0 aliphatic carbocycles. The van der Waals surface area contributed by atoms with Gasteiger partial charge in [0.2, 0.25) is 5.90 Å². The molecule has 0 unspecified atom stereocenters. The van der Waals surface area contributed by atoms with Crippen LogP contribution in [0.1, 0.15) is 54.2 Å². The number of aliphatic imine (C=N–C) groups is 1. The van der Waals surface area contributed by atoms with Crippen molar-refractivity contribution in [3.05, 3.63) is 94.2 Å². The fraction of sp³-hybridized carbons (Fsp3) is 0.273. The average Bonchev–Trinajstić information content (AvgIpc) is 3.44. The summed E-state index contributed by atoms with van der Waals surface area (Å²) in [7, 11) is 0. The highest BCUT2D eigenvalue weighted by molar-refractivity contribution is 6.12.